The fraction of sp³-hybridized carbons (Fsp3) is 0.333. The van der Waals surface area contributed by atoms with Gasteiger partial charge in [0.05, 0.1) is 5.69 Å². The van der Waals surface area contributed by atoms with Crippen molar-refractivity contribution in [3.8, 4) is 22.3 Å². The summed E-state index contributed by atoms with van der Waals surface area (Å²) in [5.74, 6) is 0. The summed E-state index contributed by atoms with van der Waals surface area (Å²) in [6.45, 7) is 28.3. The second-order valence-electron chi connectivity index (χ2n) is 26.9. The van der Waals surface area contributed by atoms with Gasteiger partial charge < -0.3 is 9.80 Å². The van der Waals surface area contributed by atoms with Crippen LogP contribution >= 0.6 is 0 Å². The summed E-state index contributed by atoms with van der Waals surface area (Å²) in [5, 5.41) is 0. The molecule has 0 saturated heterocycles. The van der Waals surface area contributed by atoms with Gasteiger partial charge in [-0.15, -0.1) is 0 Å². The molecule has 0 bridgehead atoms. The summed E-state index contributed by atoms with van der Waals surface area (Å²) in [4.78, 5) is 4.94. The maximum absolute atomic E-state index is 9.36. The Bertz CT molecular complexity index is 3700. The SMILES string of the molecule is [2H]C([2H])([2H])c1cc2c3c(c1)N(c1ccc(C(C)(C)C)cc1-c1cccc(-c4ccccc4)c1)c1ccc(C(C)(C)c4ccccc4)cc1B3c1cc3c(cc1N2c1ccc2c(c1)C(C)(C)CCC2(C)C)C(C)(C)CCC3(C)C. The summed E-state index contributed by atoms with van der Waals surface area (Å²) in [5.41, 5.74) is 23.2. The molecule has 0 saturated carbocycles. The van der Waals surface area contributed by atoms with Crippen molar-refractivity contribution in [2.45, 2.75) is 155 Å². The van der Waals surface area contributed by atoms with Gasteiger partial charge in [-0.3, -0.25) is 0 Å². The van der Waals surface area contributed by atoms with E-state index in [2.05, 4.69) is 251 Å². The topological polar surface area (TPSA) is 6.48 Å². The number of rotatable bonds is 6. The maximum Gasteiger partial charge on any atom is 0.252 e. The van der Waals surface area contributed by atoms with Crippen LogP contribution in [0.5, 0.6) is 0 Å². The summed E-state index contributed by atoms with van der Waals surface area (Å²) in [7, 11) is 0. The van der Waals surface area contributed by atoms with Crippen LogP contribution in [0.1, 0.15) is 164 Å². The molecule has 2 nitrogen and oxygen atoms in total. The number of hydrogen-bond acceptors (Lipinski definition) is 2. The fourth-order valence-corrected chi connectivity index (χ4v) is 13.6. The first-order valence-corrected chi connectivity index (χ1v) is 27.8. The fourth-order valence-electron chi connectivity index (χ4n) is 13.6. The highest BCUT2D eigenvalue weighted by Gasteiger charge is 2.48. The molecular weight excluding hydrogens is 904 g/mol. The second kappa shape index (κ2) is 17.0. The Labute approximate surface area is 454 Å². The summed E-state index contributed by atoms with van der Waals surface area (Å²) < 4.78 is 28.1. The first-order chi connectivity index (χ1) is 36.7. The molecule has 3 heteroatoms. The number of benzene rings is 8. The lowest BCUT2D eigenvalue weighted by atomic mass is 9.33. The molecule has 12 rings (SSSR count). The van der Waals surface area contributed by atoms with Gasteiger partial charge in [0, 0.05) is 43.5 Å². The van der Waals surface area contributed by atoms with E-state index in [1.807, 2.05) is 12.1 Å². The van der Waals surface area contributed by atoms with E-state index in [0.29, 0.717) is 5.56 Å². The van der Waals surface area contributed by atoms with Crippen LogP contribution in [-0.2, 0) is 32.5 Å². The third kappa shape index (κ3) is 7.96. The van der Waals surface area contributed by atoms with Gasteiger partial charge in [0.25, 0.3) is 6.71 Å². The van der Waals surface area contributed by atoms with Crippen LogP contribution in [0.2, 0.25) is 0 Å². The number of fused-ring (bicyclic) bond motifs is 6. The molecule has 75 heavy (non-hydrogen) atoms. The molecular formula is C72H77BN2. The molecule has 0 atom stereocenters. The van der Waals surface area contributed by atoms with Crippen LogP contribution in [0.4, 0.5) is 34.1 Å². The highest BCUT2D eigenvalue weighted by Crippen LogP contribution is 2.54. The minimum absolute atomic E-state index is 0.0274. The van der Waals surface area contributed by atoms with Crippen molar-refractivity contribution in [3.63, 3.8) is 0 Å². The van der Waals surface area contributed by atoms with Crippen LogP contribution in [0, 0.1) is 6.85 Å². The number of aryl methyl sites for hydroxylation is 1. The van der Waals surface area contributed by atoms with E-state index in [0.717, 1.165) is 87.5 Å². The molecule has 2 heterocycles. The van der Waals surface area contributed by atoms with Crippen LogP contribution in [0.15, 0.2) is 164 Å². The van der Waals surface area contributed by atoms with Crippen molar-refractivity contribution in [2.75, 3.05) is 9.80 Å². The van der Waals surface area contributed by atoms with Crippen molar-refractivity contribution in [2.24, 2.45) is 0 Å². The molecule has 0 radical (unpaired) electrons. The second-order valence-corrected chi connectivity index (χ2v) is 26.9. The molecule has 0 amide bonds. The van der Waals surface area contributed by atoms with Crippen molar-refractivity contribution in [3.05, 3.63) is 208 Å². The lowest BCUT2D eigenvalue weighted by molar-refractivity contribution is 0.332. The average Bonchev–Trinajstić information content (AvgIpc) is 1.93. The number of hydrogen-bond donors (Lipinski definition) is 0. The summed E-state index contributed by atoms with van der Waals surface area (Å²) >= 11 is 0. The van der Waals surface area contributed by atoms with Crippen LogP contribution in [0.25, 0.3) is 22.3 Å². The molecule has 4 aliphatic rings. The molecule has 8 aromatic rings. The van der Waals surface area contributed by atoms with Gasteiger partial charge in [-0.25, -0.2) is 0 Å². The zero-order chi connectivity index (χ0) is 55.3. The summed E-state index contributed by atoms with van der Waals surface area (Å²) in [6.07, 6.45) is 4.40. The Morgan fingerprint density at radius 1 is 0.413 bits per heavy atom. The van der Waals surface area contributed by atoms with Crippen molar-refractivity contribution >= 4 is 57.2 Å². The zero-order valence-corrected chi connectivity index (χ0v) is 46.9. The quantitative estimate of drug-likeness (QED) is 0.153. The molecule has 0 N–H and O–H groups in total. The lowest BCUT2D eigenvalue weighted by Gasteiger charge is -2.48. The van der Waals surface area contributed by atoms with Gasteiger partial charge in [-0.2, -0.15) is 0 Å². The standard InChI is InChI=1S/C72H77BN2/c1-46-38-64-66-65(39-46)75(61-32-28-51(67(2,3)4)41-54(61)49-25-21-24-48(40-49)47-22-17-15-18-23-47)62-33-29-52(72(13,14)50-26-19-16-20-27-50)42-59(62)73(66)60-44-57-58(71(11,12)37-36-70(57,9)10)45-63(60)74(64)53-30-31-55-56(43-53)69(7,8)35-34-68(55,5)6/h15-33,38-45H,34-37H2,1-14H3/i1D3. The minimum atomic E-state index is -2.41. The van der Waals surface area contributed by atoms with Gasteiger partial charge in [-0.1, -0.05) is 199 Å². The first kappa shape index (κ1) is 45.8. The van der Waals surface area contributed by atoms with E-state index in [1.165, 1.54) is 49.9 Å². The van der Waals surface area contributed by atoms with E-state index in [4.69, 9.17) is 0 Å². The largest absolute Gasteiger partial charge is 0.311 e. The van der Waals surface area contributed by atoms with Gasteiger partial charge in [-0.05, 0) is 192 Å². The Morgan fingerprint density at radius 3 is 1.61 bits per heavy atom. The molecule has 0 fully saturated rings. The normalized spacial score (nSPS) is 18.4. The Balaban J connectivity index is 1.22. The third-order valence-electron chi connectivity index (χ3n) is 18.7. The monoisotopic (exact) mass is 984 g/mol. The van der Waals surface area contributed by atoms with Crippen molar-refractivity contribution < 1.29 is 4.11 Å². The van der Waals surface area contributed by atoms with E-state index >= 15 is 0 Å². The van der Waals surface area contributed by atoms with Crippen LogP contribution in [0.3, 0.4) is 0 Å². The Morgan fingerprint density at radius 2 is 0.960 bits per heavy atom. The van der Waals surface area contributed by atoms with Crippen LogP contribution in [-0.4, -0.2) is 6.71 Å². The average molecular weight is 984 g/mol. The van der Waals surface area contributed by atoms with Gasteiger partial charge in [0.1, 0.15) is 0 Å². The predicted molar refractivity (Wildman–Crippen MR) is 324 cm³/mol. The van der Waals surface area contributed by atoms with Gasteiger partial charge in [0.15, 0.2) is 0 Å². The molecule has 2 aliphatic carbocycles. The summed E-state index contributed by atoms with van der Waals surface area (Å²) in [6, 6.07) is 61.2. The minimum Gasteiger partial charge on any atom is -0.311 e. The van der Waals surface area contributed by atoms with Crippen molar-refractivity contribution in [1.29, 1.82) is 0 Å². The smallest absolute Gasteiger partial charge is 0.252 e. The van der Waals surface area contributed by atoms with Crippen LogP contribution < -0.4 is 26.2 Å². The van der Waals surface area contributed by atoms with E-state index in [-0.39, 0.29) is 39.2 Å². The predicted octanol–water partition coefficient (Wildman–Crippen LogP) is 17.7. The first-order valence-electron chi connectivity index (χ1n) is 29.3. The molecule has 8 aromatic carbocycles. The molecule has 2 aliphatic heterocycles. The van der Waals surface area contributed by atoms with Gasteiger partial charge in [0.2, 0.25) is 0 Å². The molecule has 378 valence electrons. The Kier molecular flexibility index (Phi) is 10.4. The van der Waals surface area contributed by atoms with E-state index < -0.39 is 6.85 Å². The highest BCUT2D eigenvalue weighted by molar-refractivity contribution is 7.00. The Hall–Kier alpha value is -6.58. The zero-order valence-electron chi connectivity index (χ0n) is 49.9. The van der Waals surface area contributed by atoms with E-state index in [9.17, 15) is 4.11 Å². The van der Waals surface area contributed by atoms with E-state index in [1.54, 1.807) is 0 Å². The highest BCUT2D eigenvalue weighted by atomic mass is 15.2. The number of anilines is 6. The van der Waals surface area contributed by atoms with Gasteiger partial charge >= 0.3 is 0 Å². The molecule has 0 spiro atoms. The molecule has 0 unspecified atom stereocenters. The lowest BCUT2D eigenvalue weighted by Crippen LogP contribution is -2.62. The third-order valence-corrected chi connectivity index (χ3v) is 18.7. The molecule has 0 aromatic heterocycles. The maximum atomic E-state index is 9.36. The van der Waals surface area contributed by atoms with Crippen molar-refractivity contribution in [1.82, 2.24) is 0 Å². The number of nitrogens with zero attached hydrogens (tertiary/aromatic N) is 2.